The highest BCUT2D eigenvalue weighted by Gasteiger charge is 2.42. The van der Waals surface area contributed by atoms with E-state index in [0.29, 0.717) is 9.91 Å². The molecule has 2 aromatic rings. The van der Waals surface area contributed by atoms with Crippen molar-refractivity contribution in [3.63, 3.8) is 0 Å². The van der Waals surface area contributed by atoms with Crippen molar-refractivity contribution in [1.82, 2.24) is 4.98 Å². The molecule has 0 spiro atoms. The summed E-state index contributed by atoms with van der Waals surface area (Å²) in [4.78, 5) is 18.5. The Morgan fingerprint density at radius 3 is 2.79 bits per heavy atom. The van der Waals surface area contributed by atoms with Crippen LogP contribution < -0.4 is 9.88 Å². The number of thiazole rings is 1. The van der Waals surface area contributed by atoms with Crippen LogP contribution in [0.4, 0.5) is 18.2 Å². The van der Waals surface area contributed by atoms with Gasteiger partial charge in [0.25, 0.3) is 0 Å². The Labute approximate surface area is 110 Å². The van der Waals surface area contributed by atoms with Crippen LogP contribution in [0.2, 0.25) is 0 Å². The molecule has 2 aromatic heterocycles. The van der Waals surface area contributed by atoms with Gasteiger partial charge in [0.1, 0.15) is 10.0 Å². The smallest absolute Gasteiger partial charge is 0.298 e. The topological polar surface area (TPSA) is 47.3 Å². The standard InChI is InChI=1S/C11H8F3N3OS/c1-17(10(18)11(12,13)14)8-6-16-9(19-8)7-3-2-4-15-5-7/h2-6H,1H3/p+1. The summed E-state index contributed by atoms with van der Waals surface area (Å²) < 4.78 is 36.9. The molecule has 0 atom stereocenters. The molecule has 0 aliphatic carbocycles. The lowest BCUT2D eigenvalue weighted by molar-refractivity contribution is -0.377. The molecule has 0 radical (unpaired) electrons. The first-order valence-electron chi connectivity index (χ1n) is 5.17. The van der Waals surface area contributed by atoms with Crippen LogP contribution >= 0.6 is 11.3 Å². The van der Waals surface area contributed by atoms with Crippen molar-refractivity contribution in [3.8, 4) is 10.6 Å². The van der Waals surface area contributed by atoms with Gasteiger partial charge in [-0.1, -0.05) is 11.3 Å². The highest BCUT2D eigenvalue weighted by Crippen LogP contribution is 2.31. The lowest BCUT2D eigenvalue weighted by Gasteiger charge is -2.15. The summed E-state index contributed by atoms with van der Waals surface area (Å²) in [5.74, 6) is -1.91. The molecule has 0 bridgehead atoms. The molecule has 0 fully saturated rings. The molecule has 0 aromatic carbocycles. The predicted octanol–water partition coefficient (Wildman–Crippen LogP) is 2.15. The third-order valence-electron chi connectivity index (χ3n) is 2.33. The van der Waals surface area contributed by atoms with E-state index in [-0.39, 0.29) is 5.00 Å². The molecule has 0 unspecified atom stereocenters. The van der Waals surface area contributed by atoms with Crippen LogP contribution in [0.25, 0.3) is 10.6 Å². The van der Waals surface area contributed by atoms with Gasteiger partial charge >= 0.3 is 12.1 Å². The molecular formula is C11H9F3N3OS+. The van der Waals surface area contributed by atoms with Crippen LogP contribution in [0.5, 0.6) is 0 Å². The van der Waals surface area contributed by atoms with Crippen LogP contribution in [-0.4, -0.2) is 24.1 Å². The van der Waals surface area contributed by atoms with E-state index in [9.17, 15) is 18.0 Å². The zero-order valence-electron chi connectivity index (χ0n) is 9.73. The fourth-order valence-corrected chi connectivity index (χ4v) is 2.24. The second-order valence-electron chi connectivity index (χ2n) is 3.66. The number of carbonyl (C=O) groups excluding carboxylic acids is 1. The molecule has 2 rings (SSSR count). The highest BCUT2D eigenvalue weighted by molar-refractivity contribution is 7.19. The van der Waals surface area contributed by atoms with E-state index in [1.165, 1.54) is 6.20 Å². The van der Waals surface area contributed by atoms with Gasteiger partial charge in [-0.2, -0.15) is 13.2 Å². The summed E-state index contributed by atoms with van der Waals surface area (Å²) in [7, 11) is 1.07. The van der Waals surface area contributed by atoms with E-state index in [0.717, 1.165) is 23.9 Å². The van der Waals surface area contributed by atoms with Crippen molar-refractivity contribution in [1.29, 1.82) is 0 Å². The average Bonchev–Trinajstić information content (AvgIpc) is 2.86. The summed E-state index contributed by atoms with van der Waals surface area (Å²) in [5, 5.41) is 0.676. The van der Waals surface area contributed by atoms with Crippen molar-refractivity contribution < 1.29 is 22.9 Å². The molecule has 19 heavy (non-hydrogen) atoms. The van der Waals surface area contributed by atoms with E-state index < -0.39 is 12.1 Å². The minimum Gasteiger partial charge on any atom is -0.298 e. The molecule has 8 heteroatoms. The molecule has 1 N–H and O–H groups in total. The third kappa shape index (κ3) is 2.90. The average molecular weight is 288 g/mol. The fraction of sp³-hybridized carbons (Fsp3) is 0.182. The Hall–Kier alpha value is -1.96. The largest absolute Gasteiger partial charge is 0.471 e. The Morgan fingerprint density at radius 2 is 2.21 bits per heavy atom. The second-order valence-corrected chi connectivity index (χ2v) is 4.67. The van der Waals surface area contributed by atoms with Crippen molar-refractivity contribution in [2.75, 3.05) is 11.9 Å². The molecule has 0 aliphatic rings. The molecule has 0 aliphatic heterocycles. The number of aromatic amines is 1. The van der Waals surface area contributed by atoms with Gasteiger partial charge in [0.05, 0.1) is 11.8 Å². The zero-order chi connectivity index (χ0) is 14.0. The maximum Gasteiger partial charge on any atom is 0.471 e. The predicted molar refractivity (Wildman–Crippen MR) is 63.6 cm³/mol. The van der Waals surface area contributed by atoms with E-state index in [4.69, 9.17) is 0 Å². The van der Waals surface area contributed by atoms with Gasteiger partial charge in [0.15, 0.2) is 12.4 Å². The summed E-state index contributed by atoms with van der Waals surface area (Å²) in [6.07, 6.45) is -0.262. The number of pyridine rings is 1. The van der Waals surface area contributed by atoms with Gasteiger partial charge in [0.2, 0.25) is 0 Å². The Bertz CT molecular complexity index is 582. The summed E-state index contributed by atoms with van der Waals surface area (Å²) in [6, 6.07) is 3.52. The number of hydrogen-bond acceptors (Lipinski definition) is 3. The lowest BCUT2D eigenvalue weighted by Crippen LogP contribution is -2.38. The van der Waals surface area contributed by atoms with E-state index in [2.05, 4.69) is 9.97 Å². The monoisotopic (exact) mass is 288 g/mol. The number of alkyl halides is 3. The van der Waals surface area contributed by atoms with Gasteiger partial charge in [-0.15, -0.1) is 0 Å². The van der Waals surface area contributed by atoms with Crippen molar-refractivity contribution in [2.45, 2.75) is 6.18 Å². The summed E-state index contributed by atoms with van der Waals surface area (Å²) >= 11 is 1.01. The number of anilines is 1. The third-order valence-corrected chi connectivity index (χ3v) is 3.45. The number of H-pyrrole nitrogens is 1. The Balaban J connectivity index is 2.25. The quantitative estimate of drug-likeness (QED) is 0.850. The minimum atomic E-state index is -4.89. The molecular weight excluding hydrogens is 279 g/mol. The normalized spacial score (nSPS) is 11.4. The van der Waals surface area contributed by atoms with E-state index >= 15 is 0 Å². The number of rotatable bonds is 2. The maximum absolute atomic E-state index is 12.3. The number of aromatic nitrogens is 2. The van der Waals surface area contributed by atoms with Crippen molar-refractivity contribution >= 4 is 22.2 Å². The number of nitrogens with one attached hydrogen (secondary N) is 1. The first-order valence-corrected chi connectivity index (χ1v) is 5.98. The minimum absolute atomic E-state index is 0.140. The SMILES string of the molecule is CN(C(=O)C(F)(F)F)c1cnc(-c2ccc[nH+]c2)s1. The van der Waals surface area contributed by atoms with E-state index in [1.54, 1.807) is 24.5 Å². The van der Waals surface area contributed by atoms with Crippen LogP contribution in [0.15, 0.2) is 30.7 Å². The second kappa shape index (κ2) is 4.96. The molecule has 0 saturated heterocycles. The lowest BCUT2D eigenvalue weighted by atomic mass is 10.3. The van der Waals surface area contributed by atoms with Crippen LogP contribution in [-0.2, 0) is 4.79 Å². The zero-order valence-corrected chi connectivity index (χ0v) is 10.5. The number of nitrogens with zero attached hydrogens (tertiary/aromatic N) is 2. The van der Waals surface area contributed by atoms with Crippen molar-refractivity contribution in [3.05, 3.63) is 30.7 Å². The molecule has 100 valence electrons. The number of halogens is 3. The number of hydrogen-bond donors (Lipinski definition) is 0. The molecule has 1 amide bonds. The maximum atomic E-state index is 12.3. The molecule has 2 heterocycles. The Kier molecular flexibility index (Phi) is 3.52. The number of carbonyl (C=O) groups is 1. The van der Waals surface area contributed by atoms with Crippen molar-refractivity contribution in [2.24, 2.45) is 0 Å². The van der Waals surface area contributed by atoms with Gasteiger partial charge < -0.3 is 0 Å². The molecule has 0 saturated carbocycles. The Morgan fingerprint density at radius 1 is 1.47 bits per heavy atom. The van der Waals surface area contributed by atoms with Crippen LogP contribution in [0.3, 0.4) is 0 Å². The van der Waals surface area contributed by atoms with E-state index in [1.807, 2.05) is 0 Å². The fourth-order valence-electron chi connectivity index (χ4n) is 1.37. The summed E-state index contributed by atoms with van der Waals surface area (Å²) in [5.41, 5.74) is 0.742. The van der Waals surface area contributed by atoms with Gasteiger partial charge in [-0.05, 0) is 6.07 Å². The van der Waals surface area contributed by atoms with Crippen LogP contribution in [0, 0.1) is 0 Å². The molecule has 4 nitrogen and oxygen atoms in total. The van der Waals surface area contributed by atoms with Crippen LogP contribution in [0.1, 0.15) is 0 Å². The number of amides is 1. The first-order chi connectivity index (χ1) is 8.89. The first kappa shape index (κ1) is 13.5. The highest BCUT2D eigenvalue weighted by atomic mass is 32.1. The van der Waals surface area contributed by atoms with Gasteiger partial charge in [0, 0.05) is 13.1 Å². The van der Waals surface area contributed by atoms with Gasteiger partial charge in [-0.25, -0.2) is 9.97 Å². The summed E-state index contributed by atoms with van der Waals surface area (Å²) in [6.45, 7) is 0. The van der Waals surface area contributed by atoms with Gasteiger partial charge in [-0.3, -0.25) is 9.69 Å².